The second-order valence-corrected chi connectivity index (χ2v) is 6.19. The van der Waals surface area contributed by atoms with E-state index in [2.05, 4.69) is 17.2 Å². The molecule has 0 bridgehead atoms. The van der Waals surface area contributed by atoms with Crippen LogP contribution < -0.4 is 5.32 Å². The van der Waals surface area contributed by atoms with Gasteiger partial charge in [0.1, 0.15) is 11.6 Å². The number of benzene rings is 2. The largest absolute Gasteiger partial charge is 0.381 e. The summed E-state index contributed by atoms with van der Waals surface area (Å²) in [4.78, 5) is 12.2. The van der Waals surface area contributed by atoms with Gasteiger partial charge >= 0.3 is 0 Å². The highest BCUT2D eigenvalue weighted by atomic mass is 19.1. The molecule has 1 N–H and O–H groups in total. The topological polar surface area (TPSA) is 38.3 Å². The minimum absolute atomic E-state index is 0.0199. The van der Waals surface area contributed by atoms with Crippen LogP contribution in [0.2, 0.25) is 0 Å². The van der Waals surface area contributed by atoms with Crippen LogP contribution in [0.4, 0.5) is 8.78 Å². The second kappa shape index (κ2) is 8.59. The fraction of sp³-hybridized carbons (Fsp3) is 0.286. The van der Waals surface area contributed by atoms with E-state index in [1.165, 1.54) is 18.2 Å². The van der Waals surface area contributed by atoms with Crippen LogP contribution >= 0.6 is 0 Å². The van der Waals surface area contributed by atoms with Gasteiger partial charge in [-0.25, -0.2) is 8.78 Å². The summed E-state index contributed by atoms with van der Waals surface area (Å²) >= 11 is 0. The quantitative estimate of drug-likeness (QED) is 0.856. The molecule has 2 aromatic rings. The average molecular weight is 355 g/mol. The second-order valence-electron chi connectivity index (χ2n) is 6.19. The van der Waals surface area contributed by atoms with Crippen molar-refractivity contribution >= 4 is 5.91 Å². The van der Waals surface area contributed by atoms with Gasteiger partial charge in [0, 0.05) is 25.3 Å². The first kappa shape index (κ1) is 18.1. The molecule has 1 saturated heterocycles. The third kappa shape index (κ3) is 4.68. The summed E-state index contributed by atoms with van der Waals surface area (Å²) in [6.07, 6.45) is 1.79. The van der Waals surface area contributed by atoms with Crippen LogP contribution in [-0.2, 0) is 4.74 Å². The third-order valence-electron chi connectivity index (χ3n) is 4.32. The first-order valence-corrected chi connectivity index (χ1v) is 8.55. The van der Waals surface area contributed by atoms with Crippen LogP contribution in [-0.4, -0.2) is 25.7 Å². The summed E-state index contributed by atoms with van der Waals surface area (Å²) in [5.41, 5.74) is 0.603. The van der Waals surface area contributed by atoms with Gasteiger partial charge in [-0.1, -0.05) is 24.0 Å². The predicted molar refractivity (Wildman–Crippen MR) is 94.7 cm³/mol. The van der Waals surface area contributed by atoms with Gasteiger partial charge in [-0.05, 0) is 49.1 Å². The first-order chi connectivity index (χ1) is 12.6. The van der Waals surface area contributed by atoms with Crippen molar-refractivity contribution in [2.45, 2.75) is 12.8 Å². The van der Waals surface area contributed by atoms with Gasteiger partial charge in [-0.2, -0.15) is 0 Å². The molecule has 1 aliphatic heterocycles. The number of nitrogens with one attached hydrogen (secondary N) is 1. The van der Waals surface area contributed by atoms with Crippen LogP contribution in [0.25, 0.3) is 0 Å². The maximum absolute atomic E-state index is 14.2. The number of rotatable bonds is 3. The van der Waals surface area contributed by atoms with Crippen molar-refractivity contribution < 1.29 is 18.3 Å². The van der Waals surface area contributed by atoms with E-state index in [0.717, 1.165) is 12.8 Å². The highest BCUT2D eigenvalue weighted by Crippen LogP contribution is 2.15. The van der Waals surface area contributed by atoms with Gasteiger partial charge in [0.25, 0.3) is 5.91 Å². The molecule has 134 valence electrons. The lowest BCUT2D eigenvalue weighted by atomic mass is 10.0. The first-order valence-electron chi connectivity index (χ1n) is 8.55. The number of halogens is 2. The van der Waals surface area contributed by atoms with Gasteiger partial charge in [0.15, 0.2) is 0 Å². The Bertz CT molecular complexity index is 849. The molecule has 0 aliphatic carbocycles. The maximum Gasteiger partial charge on any atom is 0.254 e. The van der Waals surface area contributed by atoms with Gasteiger partial charge in [0.2, 0.25) is 0 Å². The molecular weight excluding hydrogens is 336 g/mol. The normalized spacial score (nSPS) is 14.4. The minimum Gasteiger partial charge on any atom is -0.381 e. The summed E-state index contributed by atoms with van der Waals surface area (Å²) in [7, 11) is 0. The molecule has 1 amide bonds. The Morgan fingerprint density at radius 1 is 1.08 bits per heavy atom. The molecule has 0 aromatic heterocycles. The molecule has 0 radical (unpaired) electrons. The molecule has 1 fully saturated rings. The van der Waals surface area contributed by atoms with Crippen LogP contribution in [0.5, 0.6) is 0 Å². The summed E-state index contributed by atoms with van der Waals surface area (Å²) in [5.74, 6) is 4.24. The number of hydrogen-bond donors (Lipinski definition) is 1. The Morgan fingerprint density at radius 2 is 1.85 bits per heavy atom. The van der Waals surface area contributed by atoms with Gasteiger partial charge in [0.05, 0.1) is 11.1 Å². The Balaban J connectivity index is 1.65. The maximum atomic E-state index is 14.2. The lowest BCUT2D eigenvalue weighted by molar-refractivity contribution is 0.0642. The fourth-order valence-corrected chi connectivity index (χ4v) is 2.76. The molecule has 0 spiro atoms. The smallest absolute Gasteiger partial charge is 0.254 e. The summed E-state index contributed by atoms with van der Waals surface area (Å²) in [6, 6.07) is 10.3. The standard InChI is InChI=1S/C21H19F2NO2/c22-19-4-2-1-3-17(19)7-5-15-6-8-18(20(23)13-15)21(25)24-14-16-9-11-26-12-10-16/h1-4,6,8,13,16H,9-12,14H2,(H,24,25). The molecule has 0 saturated carbocycles. The summed E-state index contributed by atoms with van der Waals surface area (Å²) in [6.45, 7) is 1.91. The predicted octanol–water partition coefficient (Wildman–Crippen LogP) is 3.52. The van der Waals surface area contributed by atoms with E-state index in [-0.39, 0.29) is 11.1 Å². The molecular formula is C21H19F2NO2. The zero-order valence-electron chi connectivity index (χ0n) is 14.2. The molecule has 1 aliphatic rings. The van der Waals surface area contributed by atoms with E-state index in [9.17, 15) is 13.6 Å². The van der Waals surface area contributed by atoms with Gasteiger partial charge in [-0.3, -0.25) is 4.79 Å². The zero-order chi connectivity index (χ0) is 18.4. The molecule has 3 rings (SSSR count). The highest BCUT2D eigenvalue weighted by molar-refractivity contribution is 5.94. The molecule has 1 heterocycles. The molecule has 0 unspecified atom stereocenters. The van der Waals surface area contributed by atoms with Crippen LogP contribution in [0, 0.1) is 29.4 Å². The van der Waals surface area contributed by atoms with Crippen molar-refractivity contribution in [1.82, 2.24) is 5.32 Å². The molecule has 5 heteroatoms. The molecule has 3 nitrogen and oxygen atoms in total. The number of carbonyl (C=O) groups excluding carboxylic acids is 1. The highest BCUT2D eigenvalue weighted by Gasteiger charge is 2.17. The summed E-state index contributed by atoms with van der Waals surface area (Å²) in [5, 5.41) is 2.77. The van der Waals surface area contributed by atoms with Crippen molar-refractivity contribution in [3.63, 3.8) is 0 Å². The Kier molecular flexibility index (Phi) is 5.98. The Hall–Kier alpha value is -2.71. The van der Waals surface area contributed by atoms with E-state index >= 15 is 0 Å². The zero-order valence-corrected chi connectivity index (χ0v) is 14.2. The van der Waals surface area contributed by atoms with Crippen molar-refractivity contribution in [3.8, 4) is 11.8 Å². The molecule has 26 heavy (non-hydrogen) atoms. The van der Waals surface area contributed by atoms with E-state index < -0.39 is 17.5 Å². The molecule has 0 atom stereocenters. The fourth-order valence-electron chi connectivity index (χ4n) is 2.76. The Labute approximate surface area is 151 Å². The number of carbonyl (C=O) groups is 1. The van der Waals surface area contributed by atoms with Crippen molar-refractivity contribution in [2.75, 3.05) is 19.8 Å². The molecule has 2 aromatic carbocycles. The lowest BCUT2D eigenvalue weighted by Crippen LogP contribution is -2.32. The summed E-state index contributed by atoms with van der Waals surface area (Å²) < 4.78 is 33.1. The number of ether oxygens (including phenoxy) is 1. The van der Waals surface area contributed by atoms with E-state index in [0.29, 0.717) is 31.2 Å². The van der Waals surface area contributed by atoms with Crippen LogP contribution in [0.1, 0.15) is 34.3 Å². The van der Waals surface area contributed by atoms with E-state index in [1.807, 2.05) is 0 Å². The van der Waals surface area contributed by atoms with Crippen LogP contribution in [0.15, 0.2) is 42.5 Å². The van der Waals surface area contributed by atoms with Gasteiger partial charge in [-0.15, -0.1) is 0 Å². The lowest BCUT2D eigenvalue weighted by Gasteiger charge is -2.22. The minimum atomic E-state index is -0.644. The van der Waals surface area contributed by atoms with Crippen LogP contribution in [0.3, 0.4) is 0 Å². The average Bonchev–Trinajstić information content (AvgIpc) is 2.66. The SMILES string of the molecule is O=C(NCC1CCOCC1)c1ccc(C#Cc2ccccc2F)cc1F. The monoisotopic (exact) mass is 355 g/mol. The third-order valence-corrected chi connectivity index (χ3v) is 4.32. The van der Waals surface area contributed by atoms with E-state index in [1.54, 1.807) is 24.3 Å². The Morgan fingerprint density at radius 3 is 2.58 bits per heavy atom. The van der Waals surface area contributed by atoms with Crippen molar-refractivity contribution in [2.24, 2.45) is 5.92 Å². The van der Waals surface area contributed by atoms with Crippen molar-refractivity contribution in [3.05, 3.63) is 70.8 Å². The van der Waals surface area contributed by atoms with Crippen molar-refractivity contribution in [1.29, 1.82) is 0 Å². The van der Waals surface area contributed by atoms with Gasteiger partial charge < -0.3 is 10.1 Å². The number of hydrogen-bond acceptors (Lipinski definition) is 2. The van der Waals surface area contributed by atoms with E-state index in [4.69, 9.17) is 4.74 Å². The number of amides is 1.